The number of furan rings is 1. The number of benzene rings is 11. The van der Waals surface area contributed by atoms with Crippen molar-refractivity contribution in [2.45, 2.75) is 0 Å². The van der Waals surface area contributed by atoms with Crippen LogP contribution in [0.3, 0.4) is 0 Å². The van der Waals surface area contributed by atoms with Gasteiger partial charge in [-0.3, -0.25) is 0 Å². The third kappa shape index (κ3) is 7.12. The zero-order valence-corrected chi connectivity index (χ0v) is 36.2. The van der Waals surface area contributed by atoms with Crippen molar-refractivity contribution in [2.24, 2.45) is 0 Å². The summed E-state index contributed by atoms with van der Waals surface area (Å²) in [7, 11) is 0. The quantitative estimate of drug-likeness (QED) is 0.144. The summed E-state index contributed by atoms with van der Waals surface area (Å²) >= 11 is 0. The molecular weight excluding hydrogens is 799 g/mol. The third-order valence-electron chi connectivity index (χ3n) is 12.9. The summed E-state index contributed by atoms with van der Waals surface area (Å²) in [6.07, 6.45) is 0. The van der Waals surface area contributed by atoms with Crippen LogP contribution >= 0.6 is 0 Å². The zero-order valence-electron chi connectivity index (χ0n) is 36.2. The van der Waals surface area contributed by atoms with Gasteiger partial charge in [-0.2, -0.15) is 0 Å². The molecule has 310 valence electrons. The summed E-state index contributed by atoms with van der Waals surface area (Å²) in [6, 6.07) is 93.9. The minimum atomic E-state index is 0.897. The number of fused-ring (bicyclic) bond motifs is 4. The maximum atomic E-state index is 6.50. The van der Waals surface area contributed by atoms with Gasteiger partial charge in [0.1, 0.15) is 11.2 Å². The Morgan fingerprint density at radius 3 is 1.45 bits per heavy atom. The van der Waals surface area contributed by atoms with Crippen LogP contribution in [0.4, 0.5) is 17.1 Å². The van der Waals surface area contributed by atoms with E-state index < -0.39 is 0 Å². The lowest BCUT2D eigenvalue weighted by atomic mass is 9.91. The largest absolute Gasteiger partial charge is 0.455 e. The minimum absolute atomic E-state index is 0.897. The molecule has 2 heteroatoms. The summed E-state index contributed by atoms with van der Waals surface area (Å²) in [5.74, 6) is 0. The van der Waals surface area contributed by atoms with Gasteiger partial charge in [-0.05, 0) is 109 Å². The van der Waals surface area contributed by atoms with Crippen LogP contribution in [0.1, 0.15) is 0 Å². The van der Waals surface area contributed by atoms with Gasteiger partial charge in [0.15, 0.2) is 0 Å². The SMILES string of the molecule is c1ccc(-c2ccc(-c3ccc(N(c4ccc(-c5cccc6c5oc5ccccc56)cc4)c4cc(-c5cccc6ccccc56)ccc4-c4ccccc4)cc3)cc2-c2ccccc2)cc1. The van der Waals surface area contributed by atoms with Gasteiger partial charge in [0, 0.05) is 33.3 Å². The second kappa shape index (κ2) is 16.8. The highest BCUT2D eigenvalue weighted by Gasteiger charge is 2.21. The molecule has 1 heterocycles. The summed E-state index contributed by atoms with van der Waals surface area (Å²) in [6.45, 7) is 0. The summed E-state index contributed by atoms with van der Waals surface area (Å²) < 4.78 is 6.50. The molecule has 0 radical (unpaired) electrons. The van der Waals surface area contributed by atoms with Crippen molar-refractivity contribution >= 4 is 49.8 Å². The van der Waals surface area contributed by atoms with E-state index in [1.807, 2.05) is 12.1 Å². The molecule has 0 unspecified atom stereocenters. The predicted molar refractivity (Wildman–Crippen MR) is 279 cm³/mol. The van der Waals surface area contributed by atoms with Crippen LogP contribution in [-0.4, -0.2) is 0 Å². The first-order valence-corrected chi connectivity index (χ1v) is 22.6. The summed E-state index contributed by atoms with van der Waals surface area (Å²) in [5, 5.41) is 4.70. The second-order valence-corrected chi connectivity index (χ2v) is 16.8. The maximum Gasteiger partial charge on any atom is 0.143 e. The number of hydrogen-bond donors (Lipinski definition) is 0. The van der Waals surface area contributed by atoms with E-state index in [0.29, 0.717) is 0 Å². The van der Waals surface area contributed by atoms with Gasteiger partial charge in [0.2, 0.25) is 0 Å². The van der Waals surface area contributed by atoms with Crippen LogP contribution in [-0.2, 0) is 0 Å². The fraction of sp³-hybridized carbons (Fsp3) is 0. The minimum Gasteiger partial charge on any atom is -0.455 e. The number of rotatable bonds is 9. The average molecular weight is 842 g/mol. The first-order chi connectivity index (χ1) is 32.7. The van der Waals surface area contributed by atoms with Gasteiger partial charge < -0.3 is 9.32 Å². The molecule has 0 amide bonds. The van der Waals surface area contributed by atoms with Gasteiger partial charge in [0.25, 0.3) is 0 Å². The predicted octanol–water partition coefficient (Wildman–Crippen LogP) is 18.2. The number of hydrogen-bond acceptors (Lipinski definition) is 2. The lowest BCUT2D eigenvalue weighted by Crippen LogP contribution is -2.11. The average Bonchev–Trinajstić information content (AvgIpc) is 3.79. The van der Waals surface area contributed by atoms with E-state index in [1.54, 1.807) is 0 Å². The Balaban J connectivity index is 1.02. The van der Waals surface area contributed by atoms with Gasteiger partial charge in [0.05, 0.1) is 5.69 Å². The molecule has 0 N–H and O–H groups in total. The molecule has 11 aromatic carbocycles. The molecular formula is C64H43NO. The Hall–Kier alpha value is -8.72. The first-order valence-electron chi connectivity index (χ1n) is 22.6. The molecule has 0 aliphatic carbocycles. The molecule has 1 aromatic heterocycles. The monoisotopic (exact) mass is 841 g/mol. The zero-order chi connectivity index (χ0) is 43.8. The highest BCUT2D eigenvalue weighted by Crippen LogP contribution is 2.46. The molecule has 0 fully saturated rings. The molecule has 12 rings (SSSR count). The Labute approximate surface area is 384 Å². The molecule has 0 aliphatic heterocycles. The second-order valence-electron chi connectivity index (χ2n) is 16.8. The molecule has 0 atom stereocenters. The summed E-state index contributed by atoms with van der Waals surface area (Å²) in [4.78, 5) is 2.42. The van der Waals surface area contributed by atoms with Crippen molar-refractivity contribution in [3.8, 4) is 66.8 Å². The Morgan fingerprint density at radius 2 is 0.742 bits per heavy atom. The van der Waals surface area contributed by atoms with Crippen molar-refractivity contribution < 1.29 is 4.42 Å². The van der Waals surface area contributed by atoms with Crippen LogP contribution in [0.2, 0.25) is 0 Å². The van der Waals surface area contributed by atoms with Gasteiger partial charge in [-0.15, -0.1) is 0 Å². The molecule has 0 saturated heterocycles. The van der Waals surface area contributed by atoms with E-state index in [4.69, 9.17) is 4.42 Å². The molecule has 0 saturated carbocycles. The van der Waals surface area contributed by atoms with Crippen molar-refractivity contribution in [3.05, 3.63) is 261 Å². The topological polar surface area (TPSA) is 16.4 Å². The van der Waals surface area contributed by atoms with Gasteiger partial charge in [-0.1, -0.05) is 218 Å². The normalized spacial score (nSPS) is 11.3. The maximum absolute atomic E-state index is 6.50. The lowest BCUT2D eigenvalue weighted by molar-refractivity contribution is 0.670. The van der Waals surface area contributed by atoms with Crippen molar-refractivity contribution in [1.29, 1.82) is 0 Å². The smallest absolute Gasteiger partial charge is 0.143 e. The molecule has 2 nitrogen and oxygen atoms in total. The third-order valence-corrected chi connectivity index (χ3v) is 12.9. The number of anilines is 3. The number of nitrogens with zero attached hydrogens (tertiary/aromatic N) is 1. The first kappa shape index (κ1) is 38.9. The Bertz CT molecular complexity index is 3660. The van der Waals surface area contributed by atoms with E-state index in [1.165, 1.54) is 44.2 Å². The summed E-state index contributed by atoms with van der Waals surface area (Å²) in [5.41, 5.74) is 19.0. The van der Waals surface area contributed by atoms with E-state index in [2.05, 4.69) is 254 Å². The van der Waals surface area contributed by atoms with Crippen LogP contribution in [0.15, 0.2) is 265 Å². The Kier molecular flexibility index (Phi) is 9.89. The van der Waals surface area contributed by atoms with Crippen molar-refractivity contribution in [3.63, 3.8) is 0 Å². The van der Waals surface area contributed by atoms with E-state index >= 15 is 0 Å². The van der Waals surface area contributed by atoms with Crippen LogP contribution in [0, 0.1) is 0 Å². The van der Waals surface area contributed by atoms with E-state index in [9.17, 15) is 0 Å². The number of para-hydroxylation sites is 2. The molecule has 0 spiro atoms. The fourth-order valence-corrected chi connectivity index (χ4v) is 9.67. The van der Waals surface area contributed by atoms with E-state index in [0.717, 1.165) is 72.4 Å². The molecule has 12 aromatic rings. The molecule has 0 aliphatic rings. The lowest BCUT2D eigenvalue weighted by Gasteiger charge is -2.29. The fourth-order valence-electron chi connectivity index (χ4n) is 9.67. The molecule has 0 bridgehead atoms. The van der Waals surface area contributed by atoms with Crippen LogP contribution < -0.4 is 4.90 Å². The molecule has 66 heavy (non-hydrogen) atoms. The highest BCUT2D eigenvalue weighted by atomic mass is 16.3. The van der Waals surface area contributed by atoms with Crippen LogP contribution in [0.25, 0.3) is 99.5 Å². The standard InChI is InChI=1S/C64H43NO/c1-4-16-45(17-5-1)56-40-34-50(42-61(56)48-20-8-3-9-21-48)44-30-36-52(37-31-44)65(53-38-32-49(33-39-53)58-27-15-28-60-59-25-12-13-29-63(59)66-64(58)60)62-43-51(35-41-57(62)47-18-6-2-7-19-47)55-26-14-23-46-22-10-11-24-54(46)55/h1-43H. The van der Waals surface area contributed by atoms with Crippen molar-refractivity contribution in [2.75, 3.05) is 4.90 Å². The van der Waals surface area contributed by atoms with Gasteiger partial charge in [-0.25, -0.2) is 0 Å². The van der Waals surface area contributed by atoms with Crippen molar-refractivity contribution in [1.82, 2.24) is 0 Å². The Morgan fingerprint density at radius 1 is 0.258 bits per heavy atom. The van der Waals surface area contributed by atoms with Crippen LogP contribution in [0.5, 0.6) is 0 Å². The highest BCUT2D eigenvalue weighted by molar-refractivity contribution is 6.09. The van der Waals surface area contributed by atoms with Gasteiger partial charge >= 0.3 is 0 Å². The van der Waals surface area contributed by atoms with E-state index in [-0.39, 0.29) is 0 Å².